The molecule has 2 aromatic rings. The molecule has 0 aliphatic carbocycles. The van der Waals surface area contributed by atoms with Crippen molar-refractivity contribution in [3.8, 4) is 0 Å². The number of guanidine groups is 1. The standard InChI is InChI=1S/C22H33N11O7/c23-13(6-17(34)35)18(36)32-15(4-11-7-26-9-29-11)20(38)33-16(5-12-8-27-10-30-12)19(37)31-14(21(39)40)2-1-3-28-22(24)25/h7-10,13-16H,1-6,23H2,(H,26,29)(H,27,30)(H,31,37)(H,32,36)(H,33,38)(H,34,35)(H,39,40)(H4,24,25,28). The number of nitrogens with one attached hydrogen (secondary N) is 5. The summed E-state index contributed by atoms with van der Waals surface area (Å²) >= 11 is 0. The predicted molar refractivity (Wildman–Crippen MR) is 138 cm³/mol. The first kappa shape index (κ1) is 31.2. The molecule has 2 aromatic heterocycles. The number of aromatic nitrogens is 4. The highest BCUT2D eigenvalue weighted by atomic mass is 16.4. The van der Waals surface area contributed by atoms with Crippen molar-refractivity contribution in [2.24, 2.45) is 22.2 Å². The minimum atomic E-state index is -1.44. The van der Waals surface area contributed by atoms with E-state index in [2.05, 4.69) is 40.9 Å². The maximum atomic E-state index is 13.3. The van der Waals surface area contributed by atoms with Gasteiger partial charge in [0.25, 0.3) is 0 Å². The lowest BCUT2D eigenvalue weighted by atomic mass is 10.1. The summed E-state index contributed by atoms with van der Waals surface area (Å²) in [5.41, 5.74) is 17.1. The van der Waals surface area contributed by atoms with Crippen LogP contribution in [0, 0.1) is 0 Å². The molecule has 4 atom stereocenters. The average Bonchev–Trinajstić information content (AvgIpc) is 3.58. The molecule has 40 heavy (non-hydrogen) atoms. The maximum absolute atomic E-state index is 13.3. The van der Waals surface area contributed by atoms with Gasteiger partial charge in [0, 0.05) is 43.2 Å². The molecule has 18 nitrogen and oxygen atoms in total. The van der Waals surface area contributed by atoms with Crippen molar-refractivity contribution in [1.82, 2.24) is 35.9 Å². The fraction of sp³-hybridized carbons (Fsp3) is 0.455. The van der Waals surface area contributed by atoms with E-state index in [0.29, 0.717) is 11.4 Å². The topological polar surface area (TPSA) is 310 Å². The molecule has 3 amide bonds. The molecule has 0 aliphatic rings. The zero-order valence-corrected chi connectivity index (χ0v) is 21.4. The second-order valence-electron chi connectivity index (χ2n) is 8.74. The van der Waals surface area contributed by atoms with Crippen molar-refractivity contribution in [3.05, 3.63) is 36.4 Å². The molecule has 2 heterocycles. The van der Waals surface area contributed by atoms with Crippen LogP contribution in [0.3, 0.4) is 0 Å². The quantitative estimate of drug-likeness (QED) is 0.0505. The van der Waals surface area contributed by atoms with Crippen LogP contribution >= 0.6 is 0 Å². The fourth-order valence-electron chi connectivity index (χ4n) is 3.52. The second kappa shape index (κ2) is 15.4. The smallest absolute Gasteiger partial charge is 0.326 e. The van der Waals surface area contributed by atoms with E-state index in [9.17, 15) is 29.1 Å². The third-order valence-corrected chi connectivity index (χ3v) is 5.51. The summed E-state index contributed by atoms with van der Waals surface area (Å²) in [6, 6.07) is -5.33. The molecule has 18 heteroatoms. The Balaban J connectivity index is 2.20. The first-order valence-corrected chi connectivity index (χ1v) is 12.1. The third-order valence-electron chi connectivity index (χ3n) is 5.51. The van der Waals surface area contributed by atoms with Crippen molar-refractivity contribution in [2.45, 2.75) is 56.3 Å². The molecule has 2 rings (SSSR count). The Labute approximate surface area is 227 Å². The van der Waals surface area contributed by atoms with E-state index in [1.165, 1.54) is 25.0 Å². The van der Waals surface area contributed by atoms with Crippen LogP contribution in [0.15, 0.2) is 30.0 Å². The molecule has 0 saturated heterocycles. The Hall–Kier alpha value is -5.00. The van der Waals surface area contributed by atoms with Crippen LogP contribution in [0.5, 0.6) is 0 Å². The lowest BCUT2D eigenvalue weighted by Gasteiger charge is -2.25. The van der Waals surface area contributed by atoms with Gasteiger partial charge < -0.3 is 53.3 Å². The zero-order chi connectivity index (χ0) is 29.7. The number of imidazole rings is 2. The number of amides is 3. The second-order valence-corrected chi connectivity index (χ2v) is 8.74. The highest BCUT2D eigenvalue weighted by Crippen LogP contribution is 2.06. The lowest BCUT2D eigenvalue weighted by molar-refractivity contribution is -0.142. The number of carbonyl (C=O) groups is 5. The summed E-state index contributed by atoms with van der Waals surface area (Å²) in [6.45, 7) is 0.148. The van der Waals surface area contributed by atoms with Crippen LogP contribution in [-0.4, -0.2) is 96.5 Å². The maximum Gasteiger partial charge on any atom is 0.326 e. The van der Waals surface area contributed by atoms with E-state index in [0.717, 1.165) is 0 Å². The minimum Gasteiger partial charge on any atom is -0.481 e. The average molecular weight is 564 g/mol. The van der Waals surface area contributed by atoms with Gasteiger partial charge >= 0.3 is 11.9 Å². The van der Waals surface area contributed by atoms with Gasteiger partial charge in [0.15, 0.2) is 5.96 Å². The first-order chi connectivity index (χ1) is 19.0. The summed E-state index contributed by atoms with van der Waals surface area (Å²) < 4.78 is 0. The van der Waals surface area contributed by atoms with Gasteiger partial charge in [-0.05, 0) is 12.8 Å². The summed E-state index contributed by atoms with van der Waals surface area (Å²) in [5.74, 6) is -5.29. The Bertz CT molecular complexity index is 1160. The van der Waals surface area contributed by atoms with Crippen molar-refractivity contribution >= 4 is 35.6 Å². The molecule has 0 saturated carbocycles. The highest BCUT2D eigenvalue weighted by Gasteiger charge is 2.31. The van der Waals surface area contributed by atoms with Crippen molar-refractivity contribution in [3.63, 3.8) is 0 Å². The number of carboxylic acids is 2. The molecule has 0 fully saturated rings. The number of aliphatic carboxylic acids is 2. The number of carbonyl (C=O) groups excluding carboxylic acids is 3. The number of rotatable bonds is 17. The summed E-state index contributed by atoms with van der Waals surface area (Å²) in [6.07, 6.45) is 4.94. The van der Waals surface area contributed by atoms with Crippen LogP contribution in [0.2, 0.25) is 0 Å². The number of nitrogens with two attached hydrogens (primary N) is 3. The number of aliphatic imine (C=N–C) groups is 1. The van der Waals surface area contributed by atoms with E-state index in [1.807, 2.05) is 0 Å². The van der Waals surface area contributed by atoms with Crippen LogP contribution in [0.25, 0.3) is 0 Å². The van der Waals surface area contributed by atoms with Gasteiger partial charge in [-0.2, -0.15) is 0 Å². The van der Waals surface area contributed by atoms with Gasteiger partial charge in [-0.15, -0.1) is 0 Å². The van der Waals surface area contributed by atoms with E-state index in [1.54, 1.807) is 0 Å². The van der Waals surface area contributed by atoms with Crippen molar-refractivity contribution in [2.75, 3.05) is 6.54 Å². The van der Waals surface area contributed by atoms with Gasteiger partial charge in [0.2, 0.25) is 17.7 Å². The van der Waals surface area contributed by atoms with E-state index >= 15 is 0 Å². The largest absolute Gasteiger partial charge is 0.481 e. The number of H-pyrrole nitrogens is 2. The Morgan fingerprint density at radius 2 is 1.35 bits per heavy atom. The molecule has 0 bridgehead atoms. The Morgan fingerprint density at radius 3 is 1.77 bits per heavy atom. The number of carboxylic acid groups (broad SMARTS) is 2. The molecule has 4 unspecified atom stereocenters. The van der Waals surface area contributed by atoms with Crippen LogP contribution in [0.4, 0.5) is 0 Å². The monoisotopic (exact) mass is 563 g/mol. The molecule has 0 radical (unpaired) electrons. The van der Waals surface area contributed by atoms with Gasteiger partial charge in [0.1, 0.15) is 18.1 Å². The molecular weight excluding hydrogens is 530 g/mol. The van der Waals surface area contributed by atoms with Crippen LogP contribution in [0.1, 0.15) is 30.7 Å². The van der Waals surface area contributed by atoms with Gasteiger partial charge in [-0.3, -0.25) is 24.2 Å². The number of nitrogens with zero attached hydrogens (tertiary/aromatic N) is 3. The minimum absolute atomic E-state index is 0.00253. The predicted octanol–water partition coefficient (Wildman–Crippen LogP) is -3.69. The Kier molecular flexibility index (Phi) is 12.0. The van der Waals surface area contributed by atoms with Gasteiger partial charge in [0.05, 0.1) is 25.1 Å². The van der Waals surface area contributed by atoms with Gasteiger partial charge in [-0.1, -0.05) is 0 Å². The van der Waals surface area contributed by atoms with E-state index in [4.69, 9.17) is 22.3 Å². The van der Waals surface area contributed by atoms with Crippen molar-refractivity contribution < 1.29 is 34.2 Å². The molecular formula is C22H33N11O7. The fourth-order valence-corrected chi connectivity index (χ4v) is 3.52. The first-order valence-electron chi connectivity index (χ1n) is 12.1. The van der Waals surface area contributed by atoms with Crippen molar-refractivity contribution in [1.29, 1.82) is 0 Å². The SMILES string of the molecule is NC(N)=NCCCC(NC(=O)C(Cc1cnc[nH]1)NC(=O)C(Cc1cnc[nH]1)NC(=O)C(N)CC(=O)O)C(=O)O. The number of aromatic amines is 2. The van der Waals surface area contributed by atoms with Gasteiger partial charge in [-0.25, -0.2) is 14.8 Å². The number of hydrogen-bond acceptors (Lipinski definition) is 9. The van der Waals surface area contributed by atoms with E-state index < -0.39 is 60.2 Å². The molecule has 13 N–H and O–H groups in total. The van der Waals surface area contributed by atoms with Crippen LogP contribution in [-0.2, 0) is 36.8 Å². The molecule has 218 valence electrons. The molecule has 0 aromatic carbocycles. The number of hydrogen-bond donors (Lipinski definition) is 10. The van der Waals surface area contributed by atoms with E-state index in [-0.39, 0.29) is 38.2 Å². The summed E-state index contributed by atoms with van der Waals surface area (Å²) in [5, 5.41) is 25.8. The highest BCUT2D eigenvalue weighted by molar-refractivity contribution is 5.95. The molecule has 0 spiro atoms. The summed E-state index contributed by atoms with van der Waals surface area (Å²) in [4.78, 5) is 78.8. The third kappa shape index (κ3) is 10.8. The van der Waals surface area contributed by atoms with Crippen LogP contribution < -0.4 is 33.2 Å². The Morgan fingerprint density at radius 1 is 0.850 bits per heavy atom. The lowest BCUT2D eigenvalue weighted by Crippen LogP contribution is -2.58. The normalized spacial score (nSPS) is 13.7. The molecule has 0 aliphatic heterocycles. The summed E-state index contributed by atoms with van der Waals surface area (Å²) in [7, 11) is 0. The zero-order valence-electron chi connectivity index (χ0n) is 21.4.